The third kappa shape index (κ3) is 4.77. The van der Waals surface area contributed by atoms with Crippen LogP contribution in [0.25, 0.3) is 0 Å². The Balaban J connectivity index is 1.99. The zero-order chi connectivity index (χ0) is 18.6. The van der Waals surface area contributed by atoms with E-state index in [2.05, 4.69) is 5.32 Å². The number of alkyl halides is 3. The molecule has 2 amide bonds. The number of carboxylic acids is 1. The van der Waals surface area contributed by atoms with Crippen molar-refractivity contribution in [3.05, 3.63) is 29.3 Å². The number of benzene rings is 1. The lowest BCUT2D eigenvalue weighted by Gasteiger charge is -2.30. The summed E-state index contributed by atoms with van der Waals surface area (Å²) in [5, 5.41) is 11.4. The van der Waals surface area contributed by atoms with Gasteiger partial charge in [0.1, 0.15) is 5.75 Å². The third-order valence-corrected chi connectivity index (χ3v) is 4.18. The molecule has 0 aromatic heterocycles. The average molecular weight is 360 g/mol. The quantitative estimate of drug-likeness (QED) is 0.865. The van der Waals surface area contributed by atoms with Crippen molar-refractivity contribution in [3.8, 4) is 5.75 Å². The fourth-order valence-electron chi connectivity index (χ4n) is 2.71. The standard InChI is InChI=1S/C16H19F3N2O4/c1-25-12-3-2-11(13(8-12)16(17,18)19)9-20-15(24)21-6-4-10(5-7-21)14(22)23/h2-3,8,10H,4-7,9H2,1H3,(H,20,24)(H,22,23). The van der Waals surface area contributed by atoms with Crippen LogP contribution in [0.15, 0.2) is 18.2 Å². The number of halogens is 3. The van der Waals surface area contributed by atoms with Gasteiger partial charge in [0.05, 0.1) is 18.6 Å². The van der Waals surface area contributed by atoms with E-state index >= 15 is 0 Å². The highest BCUT2D eigenvalue weighted by molar-refractivity contribution is 5.75. The van der Waals surface area contributed by atoms with Crippen LogP contribution in [0, 0.1) is 5.92 Å². The average Bonchev–Trinajstić information content (AvgIpc) is 2.58. The molecule has 1 heterocycles. The molecule has 6 nitrogen and oxygen atoms in total. The van der Waals surface area contributed by atoms with Gasteiger partial charge in [0.2, 0.25) is 0 Å². The summed E-state index contributed by atoms with van der Waals surface area (Å²) in [6, 6.07) is 3.04. The van der Waals surface area contributed by atoms with E-state index in [9.17, 15) is 22.8 Å². The van der Waals surface area contributed by atoms with E-state index < -0.39 is 29.7 Å². The van der Waals surface area contributed by atoms with Crippen LogP contribution >= 0.6 is 0 Å². The number of hydrogen-bond donors (Lipinski definition) is 2. The number of methoxy groups -OCH3 is 1. The van der Waals surface area contributed by atoms with Crippen molar-refractivity contribution in [2.75, 3.05) is 20.2 Å². The Morgan fingerprint density at radius 3 is 2.48 bits per heavy atom. The third-order valence-electron chi connectivity index (χ3n) is 4.18. The summed E-state index contributed by atoms with van der Waals surface area (Å²) >= 11 is 0. The number of hydrogen-bond acceptors (Lipinski definition) is 3. The summed E-state index contributed by atoms with van der Waals surface area (Å²) in [6.07, 6.45) is -3.90. The normalized spacial score (nSPS) is 15.8. The Hall–Kier alpha value is -2.45. The van der Waals surface area contributed by atoms with Crippen molar-refractivity contribution in [3.63, 3.8) is 0 Å². The molecule has 0 unspecified atom stereocenters. The molecule has 25 heavy (non-hydrogen) atoms. The summed E-state index contributed by atoms with van der Waals surface area (Å²) in [7, 11) is 1.28. The molecule has 1 aromatic carbocycles. The predicted octanol–water partition coefficient (Wildman–Crippen LogP) is 2.72. The molecule has 0 spiro atoms. The maximum atomic E-state index is 13.1. The molecule has 1 aliphatic heterocycles. The van der Waals surface area contributed by atoms with Gasteiger partial charge in [0.15, 0.2) is 0 Å². The van der Waals surface area contributed by atoms with Gasteiger partial charge < -0.3 is 20.1 Å². The summed E-state index contributed by atoms with van der Waals surface area (Å²) in [4.78, 5) is 24.4. The van der Waals surface area contributed by atoms with Gasteiger partial charge in [-0.1, -0.05) is 6.07 Å². The zero-order valence-corrected chi connectivity index (χ0v) is 13.6. The SMILES string of the molecule is COc1ccc(CNC(=O)N2CCC(C(=O)O)CC2)c(C(F)(F)F)c1. The van der Waals surface area contributed by atoms with Gasteiger partial charge in [0.25, 0.3) is 0 Å². The molecule has 1 fully saturated rings. The number of aliphatic carboxylic acids is 1. The minimum atomic E-state index is -4.56. The van der Waals surface area contributed by atoms with Gasteiger partial charge in [-0.3, -0.25) is 4.79 Å². The van der Waals surface area contributed by atoms with Crippen LogP contribution in [0.1, 0.15) is 24.0 Å². The molecule has 0 aliphatic carbocycles. The topological polar surface area (TPSA) is 78.9 Å². The molecule has 0 saturated carbocycles. The molecule has 1 saturated heterocycles. The van der Waals surface area contributed by atoms with Crippen LogP contribution in [0.2, 0.25) is 0 Å². The van der Waals surface area contributed by atoms with Crippen LogP contribution in [0.4, 0.5) is 18.0 Å². The molecule has 0 bridgehead atoms. The number of ether oxygens (including phenoxy) is 1. The van der Waals surface area contributed by atoms with Crippen molar-refractivity contribution < 1.29 is 32.6 Å². The number of nitrogens with zero attached hydrogens (tertiary/aromatic N) is 1. The van der Waals surface area contributed by atoms with Crippen molar-refractivity contribution in [2.24, 2.45) is 5.92 Å². The number of piperidine rings is 1. The molecular formula is C16H19F3N2O4. The van der Waals surface area contributed by atoms with Gasteiger partial charge in [-0.15, -0.1) is 0 Å². The first-order valence-corrected chi connectivity index (χ1v) is 7.72. The summed E-state index contributed by atoms with van der Waals surface area (Å²) in [5.41, 5.74) is -0.932. The first-order chi connectivity index (χ1) is 11.7. The number of nitrogens with one attached hydrogen (secondary N) is 1. The Kier molecular flexibility index (Phi) is 5.76. The van der Waals surface area contributed by atoms with Crippen molar-refractivity contribution >= 4 is 12.0 Å². The summed E-state index contributed by atoms with van der Waals surface area (Å²) in [6.45, 7) is 0.242. The smallest absolute Gasteiger partial charge is 0.416 e. The highest BCUT2D eigenvalue weighted by Gasteiger charge is 2.34. The van der Waals surface area contributed by atoms with E-state index in [1.807, 2.05) is 0 Å². The van der Waals surface area contributed by atoms with Gasteiger partial charge in [-0.25, -0.2) is 4.79 Å². The second-order valence-electron chi connectivity index (χ2n) is 5.78. The Morgan fingerprint density at radius 2 is 1.96 bits per heavy atom. The van der Waals surface area contributed by atoms with E-state index in [1.165, 1.54) is 24.1 Å². The number of urea groups is 1. The number of likely N-dealkylation sites (tertiary alicyclic amines) is 1. The number of carboxylic acid groups (broad SMARTS) is 1. The fourth-order valence-corrected chi connectivity index (χ4v) is 2.71. The highest BCUT2D eigenvalue weighted by Crippen LogP contribution is 2.34. The molecular weight excluding hydrogens is 341 g/mol. The first-order valence-electron chi connectivity index (χ1n) is 7.72. The Labute approximate surface area is 142 Å². The van der Waals surface area contributed by atoms with Crippen LogP contribution < -0.4 is 10.1 Å². The predicted molar refractivity (Wildman–Crippen MR) is 82.2 cm³/mol. The lowest BCUT2D eigenvalue weighted by Crippen LogP contribution is -2.45. The van der Waals surface area contributed by atoms with Gasteiger partial charge >= 0.3 is 18.2 Å². The van der Waals surface area contributed by atoms with E-state index in [-0.39, 0.29) is 30.9 Å². The maximum Gasteiger partial charge on any atom is 0.416 e. The van der Waals surface area contributed by atoms with Gasteiger partial charge in [0, 0.05) is 19.6 Å². The van der Waals surface area contributed by atoms with Gasteiger partial charge in [-0.2, -0.15) is 13.2 Å². The lowest BCUT2D eigenvalue weighted by atomic mass is 9.97. The number of carbonyl (C=O) groups excluding carboxylic acids is 1. The zero-order valence-electron chi connectivity index (χ0n) is 13.6. The fraction of sp³-hybridized carbons (Fsp3) is 0.500. The molecule has 0 atom stereocenters. The number of carbonyl (C=O) groups is 2. The van der Waals surface area contributed by atoms with Crippen LogP contribution in [0.3, 0.4) is 0 Å². The van der Waals surface area contributed by atoms with Crippen LogP contribution in [-0.4, -0.2) is 42.2 Å². The molecule has 2 N–H and O–H groups in total. The second-order valence-corrected chi connectivity index (χ2v) is 5.78. The first kappa shape index (κ1) is 18.9. The minimum Gasteiger partial charge on any atom is -0.497 e. The Morgan fingerprint density at radius 1 is 1.32 bits per heavy atom. The molecule has 1 aliphatic rings. The highest BCUT2D eigenvalue weighted by atomic mass is 19.4. The van der Waals surface area contributed by atoms with E-state index in [0.717, 1.165) is 6.07 Å². The number of amides is 2. The molecule has 1 aromatic rings. The molecule has 138 valence electrons. The van der Waals surface area contributed by atoms with Gasteiger partial charge in [-0.05, 0) is 30.5 Å². The van der Waals surface area contributed by atoms with E-state index in [1.54, 1.807) is 0 Å². The minimum absolute atomic E-state index is 0.0675. The molecule has 0 radical (unpaired) electrons. The maximum absolute atomic E-state index is 13.1. The van der Waals surface area contributed by atoms with Crippen LogP contribution in [-0.2, 0) is 17.5 Å². The molecule has 9 heteroatoms. The molecule has 2 rings (SSSR count). The van der Waals surface area contributed by atoms with E-state index in [4.69, 9.17) is 9.84 Å². The lowest BCUT2D eigenvalue weighted by molar-refractivity contribution is -0.143. The van der Waals surface area contributed by atoms with Crippen LogP contribution in [0.5, 0.6) is 5.75 Å². The monoisotopic (exact) mass is 360 g/mol. The Bertz CT molecular complexity index is 641. The largest absolute Gasteiger partial charge is 0.497 e. The van der Waals surface area contributed by atoms with Crippen molar-refractivity contribution in [2.45, 2.75) is 25.6 Å². The summed E-state index contributed by atoms with van der Waals surface area (Å²) < 4.78 is 44.2. The van der Waals surface area contributed by atoms with Crippen molar-refractivity contribution in [1.29, 1.82) is 0 Å². The number of rotatable bonds is 4. The van der Waals surface area contributed by atoms with E-state index in [0.29, 0.717) is 12.8 Å². The van der Waals surface area contributed by atoms with Crippen molar-refractivity contribution in [1.82, 2.24) is 10.2 Å². The summed E-state index contributed by atoms with van der Waals surface area (Å²) in [5.74, 6) is -1.30. The second kappa shape index (κ2) is 7.62.